The lowest BCUT2D eigenvalue weighted by Gasteiger charge is -2.21. The molecule has 2 heterocycles. The number of fused-ring (bicyclic) bond motifs is 1. The van der Waals surface area contributed by atoms with E-state index in [4.69, 9.17) is 0 Å². The van der Waals surface area contributed by atoms with E-state index in [1.165, 1.54) is 6.42 Å². The van der Waals surface area contributed by atoms with Gasteiger partial charge in [0.05, 0.1) is 5.69 Å². The normalized spacial score (nSPS) is 14.3. The first kappa shape index (κ1) is 14.7. The number of pyridine rings is 1. The molecule has 24 heavy (non-hydrogen) atoms. The van der Waals surface area contributed by atoms with Crippen molar-refractivity contribution < 1.29 is 4.79 Å². The number of urea groups is 1. The van der Waals surface area contributed by atoms with Crippen molar-refractivity contribution in [2.75, 3.05) is 5.32 Å². The first-order chi connectivity index (χ1) is 11.8. The Hall–Kier alpha value is -2.89. The molecule has 0 saturated heterocycles. The molecule has 0 spiro atoms. The van der Waals surface area contributed by atoms with Gasteiger partial charge in [0, 0.05) is 18.7 Å². The zero-order chi connectivity index (χ0) is 16.4. The van der Waals surface area contributed by atoms with E-state index in [9.17, 15) is 4.79 Å². The molecule has 2 N–H and O–H groups in total. The average Bonchev–Trinajstić information content (AvgIpc) is 2.97. The van der Waals surface area contributed by atoms with Gasteiger partial charge in [-0.15, -0.1) is 0 Å². The topological polar surface area (TPSA) is 71.3 Å². The van der Waals surface area contributed by atoms with Crippen molar-refractivity contribution in [1.29, 1.82) is 0 Å². The predicted octanol–water partition coefficient (Wildman–Crippen LogP) is 3.32. The molecule has 0 radical (unpaired) electrons. The van der Waals surface area contributed by atoms with E-state index in [1.807, 2.05) is 48.7 Å². The highest BCUT2D eigenvalue weighted by molar-refractivity contribution is 5.92. The van der Waals surface area contributed by atoms with Gasteiger partial charge in [0.1, 0.15) is 0 Å². The standard InChI is InChI=1S/C18H19N5O/c24-18(19-12-13-6-2-1-3-7-13)20-15-10-5-11-23-17(15)21-16(22-23)14-8-4-9-14/h1-3,5-7,10-11,14H,4,8-9,12H2,(H2,19,20,24). The fraction of sp³-hybridized carbons (Fsp3) is 0.278. The van der Waals surface area contributed by atoms with E-state index >= 15 is 0 Å². The number of hydrogen-bond acceptors (Lipinski definition) is 3. The zero-order valence-corrected chi connectivity index (χ0v) is 13.3. The van der Waals surface area contributed by atoms with Gasteiger partial charge in [-0.25, -0.2) is 14.3 Å². The number of carbonyl (C=O) groups is 1. The molecule has 1 saturated carbocycles. The Kier molecular flexibility index (Phi) is 3.86. The average molecular weight is 321 g/mol. The van der Waals surface area contributed by atoms with Gasteiger partial charge >= 0.3 is 6.03 Å². The second-order valence-corrected chi connectivity index (χ2v) is 6.08. The number of carbonyl (C=O) groups excluding carboxylic acids is 1. The second kappa shape index (κ2) is 6.31. The van der Waals surface area contributed by atoms with Crippen molar-refractivity contribution in [1.82, 2.24) is 19.9 Å². The van der Waals surface area contributed by atoms with Gasteiger partial charge in [-0.3, -0.25) is 0 Å². The fourth-order valence-electron chi connectivity index (χ4n) is 2.80. The minimum atomic E-state index is -0.250. The van der Waals surface area contributed by atoms with Crippen LogP contribution in [-0.4, -0.2) is 20.6 Å². The summed E-state index contributed by atoms with van der Waals surface area (Å²) in [4.78, 5) is 16.8. The molecule has 4 rings (SSSR count). The molecule has 3 aromatic rings. The van der Waals surface area contributed by atoms with Crippen LogP contribution in [0.25, 0.3) is 5.65 Å². The van der Waals surface area contributed by atoms with Gasteiger partial charge in [0.2, 0.25) is 0 Å². The Bertz CT molecular complexity index is 854. The molecule has 0 atom stereocenters. The first-order valence-corrected chi connectivity index (χ1v) is 8.24. The van der Waals surface area contributed by atoms with E-state index in [0.717, 1.165) is 24.2 Å². The van der Waals surface area contributed by atoms with E-state index in [-0.39, 0.29) is 6.03 Å². The van der Waals surface area contributed by atoms with Gasteiger partial charge < -0.3 is 10.6 Å². The molecule has 0 aliphatic heterocycles. The lowest BCUT2D eigenvalue weighted by atomic mass is 9.85. The molecule has 1 aliphatic carbocycles. The van der Waals surface area contributed by atoms with Crippen molar-refractivity contribution in [3.63, 3.8) is 0 Å². The number of aromatic nitrogens is 3. The van der Waals surface area contributed by atoms with Gasteiger partial charge in [0.15, 0.2) is 11.5 Å². The molecule has 2 aromatic heterocycles. The monoisotopic (exact) mass is 321 g/mol. The van der Waals surface area contributed by atoms with Crippen LogP contribution in [0.3, 0.4) is 0 Å². The number of amides is 2. The van der Waals surface area contributed by atoms with E-state index < -0.39 is 0 Å². The van der Waals surface area contributed by atoms with Crippen LogP contribution in [0, 0.1) is 0 Å². The molecule has 1 aromatic carbocycles. The summed E-state index contributed by atoms with van der Waals surface area (Å²) >= 11 is 0. The van der Waals surface area contributed by atoms with E-state index in [0.29, 0.717) is 23.8 Å². The number of rotatable bonds is 4. The Labute approximate surface area is 139 Å². The van der Waals surface area contributed by atoms with Crippen molar-refractivity contribution in [2.24, 2.45) is 0 Å². The van der Waals surface area contributed by atoms with Gasteiger partial charge in [0.25, 0.3) is 0 Å². The first-order valence-electron chi connectivity index (χ1n) is 8.24. The third-order valence-corrected chi connectivity index (χ3v) is 4.39. The van der Waals surface area contributed by atoms with Crippen LogP contribution in [0.2, 0.25) is 0 Å². The highest BCUT2D eigenvalue weighted by Gasteiger charge is 2.24. The van der Waals surface area contributed by atoms with E-state index in [1.54, 1.807) is 4.52 Å². The smallest absolute Gasteiger partial charge is 0.319 e. The molecule has 1 aliphatic rings. The van der Waals surface area contributed by atoms with Gasteiger partial charge in [-0.1, -0.05) is 36.8 Å². The summed E-state index contributed by atoms with van der Waals surface area (Å²) in [6.45, 7) is 0.482. The molecule has 6 nitrogen and oxygen atoms in total. The minimum absolute atomic E-state index is 0.250. The number of anilines is 1. The van der Waals surface area contributed by atoms with Crippen LogP contribution in [-0.2, 0) is 6.54 Å². The summed E-state index contributed by atoms with van der Waals surface area (Å²) in [5, 5.41) is 10.3. The maximum atomic E-state index is 12.2. The highest BCUT2D eigenvalue weighted by atomic mass is 16.2. The summed E-state index contributed by atoms with van der Waals surface area (Å²) in [6, 6.07) is 13.3. The second-order valence-electron chi connectivity index (χ2n) is 6.08. The van der Waals surface area contributed by atoms with Crippen LogP contribution in [0.4, 0.5) is 10.5 Å². The van der Waals surface area contributed by atoms with Crippen LogP contribution >= 0.6 is 0 Å². The van der Waals surface area contributed by atoms with E-state index in [2.05, 4.69) is 20.7 Å². The van der Waals surface area contributed by atoms with Crippen molar-refractivity contribution >= 4 is 17.4 Å². The Morgan fingerprint density at radius 3 is 2.75 bits per heavy atom. The van der Waals surface area contributed by atoms with Crippen molar-refractivity contribution in [3.8, 4) is 0 Å². The van der Waals surface area contributed by atoms with Crippen LogP contribution in [0.15, 0.2) is 48.7 Å². The molecule has 0 unspecified atom stereocenters. The summed E-state index contributed by atoms with van der Waals surface area (Å²) in [5.74, 6) is 1.34. The molecule has 6 heteroatoms. The highest BCUT2D eigenvalue weighted by Crippen LogP contribution is 2.34. The quantitative estimate of drug-likeness (QED) is 0.774. The number of nitrogens with one attached hydrogen (secondary N) is 2. The maximum absolute atomic E-state index is 12.2. The maximum Gasteiger partial charge on any atom is 0.319 e. The van der Waals surface area contributed by atoms with Crippen molar-refractivity contribution in [2.45, 2.75) is 31.7 Å². The summed E-state index contributed by atoms with van der Waals surface area (Å²) < 4.78 is 1.74. The predicted molar refractivity (Wildman–Crippen MR) is 91.9 cm³/mol. The molecule has 122 valence electrons. The SMILES string of the molecule is O=C(NCc1ccccc1)Nc1cccn2nc(C3CCC3)nc12. The molecular formula is C18H19N5O. The van der Waals surface area contributed by atoms with Crippen LogP contribution in [0.1, 0.15) is 36.6 Å². The third-order valence-electron chi connectivity index (χ3n) is 4.39. The van der Waals surface area contributed by atoms with Crippen molar-refractivity contribution in [3.05, 3.63) is 60.0 Å². The zero-order valence-electron chi connectivity index (χ0n) is 13.3. The number of benzene rings is 1. The summed E-state index contributed by atoms with van der Waals surface area (Å²) in [7, 11) is 0. The number of nitrogens with zero attached hydrogens (tertiary/aromatic N) is 3. The molecular weight excluding hydrogens is 302 g/mol. The lowest BCUT2D eigenvalue weighted by molar-refractivity contribution is 0.252. The largest absolute Gasteiger partial charge is 0.334 e. The summed E-state index contributed by atoms with van der Waals surface area (Å²) in [6.07, 6.45) is 5.40. The van der Waals surface area contributed by atoms with Crippen LogP contribution < -0.4 is 10.6 Å². The Morgan fingerprint density at radius 1 is 1.17 bits per heavy atom. The van der Waals surface area contributed by atoms with Gasteiger partial charge in [-0.2, -0.15) is 5.10 Å². The lowest BCUT2D eigenvalue weighted by Crippen LogP contribution is -2.28. The Balaban J connectivity index is 1.47. The molecule has 2 amide bonds. The Morgan fingerprint density at radius 2 is 2.00 bits per heavy atom. The minimum Gasteiger partial charge on any atom is -0.334 e. The summed E-state index contributed by atoms with van der Waals surface area (Å²) in [5.41, 5.74) is 2.41. The molecule has 0 bridgehead atoms. The van der Waals surface area contributed by atoms with Gasteiger partial charge in [-0.05, 0) is 30.5 Å². The molecule has 1 fully saturated rings. The third kappa shape index (κ3) is 2.95. The van der Waals surface area contributed by atoms with Crippen LogP contribution in [0.5, 0.6) is 0 Å². The fourth-order valence-corrected chi connectivity index (χ4v) is 2.80. The number of hydrogen-bond donors (Lipinski definition) is 2.